The first-order chi connectivity index (χ1) is 9.99. The van der Waals surface area contributed by atoms with E-state index in [0.29, 0.717) is 0 Å². The summed E-state index contributed by atoms with van der Waals surface area (Å²) >= 11 is -2.25. The van der Waals surface area contributed by atoms with Gasteiger partial charge in [0.1, 0.15) is 0 Å². The number of hydrogen-bond acceptors (Lipinski definition) is 1. The summed E-state index contributed by atoms with van der Waals surface area (Å²) in [6.07, 6.45) is 9.93. The molecule has 0 aromatic rings. The third kappa shape index (κ3) is 10.2. The summed E-state index contributed by atoms with van der Waals surface area (Å²) in [7, 11) is 0. The summed E-state index contributed by atoms with van der Waals surface area (Å²) in [6, 6.07) is 0. The normalized spacial score (nSPS) is 12.0. The number of aliphatic carboxylic acids is 1. The van der Waals surface area contributed by atoms with Gasteiger partial charge in [-0.05, 0) is 0 Å². The first-order valence-corrected chi connectivity index (χ1v) is 16.3. The van der Waals surface area contributed by atoms with Crippen molar-refractivity contribution < 1.29 is 9.90 Å². The molecular formula is C18H34O2Sn. The molecule has 0 radical (unpaired) electrons. The second kappa shape index (κ2) is 12.3. The van der Waals surface area contributed by atoms with E-state index in [-0.39, 0.29) is 6.42 Å². The van der Waals surface area contributed by atoms with Gasteiger partial charge < -0.3 is 0 Å². The topological polar surface area (TPSA) is 37.3 Å². The summed E-state index contributed by atoms with van der Waals surface area (Å²) in [5.74, 6) is -0.777. The Labute approximate surface area is 135 Å². The second-order valence-electron chi connectivity index (χ2n) is 6.24. The predicted molar refractivity (Wildman–Crippen MR) is 95.4 cm³/mol. The molecule has 0 heterocycles. The third-order valence-corrected chi connectivity index (χ3v) is 18.2. The van der Waals surface area contributed by atoms with E-state index >= 15 is 0 Å². The van der Waals surface area contributed by atoms with Crippen LogP contribution < -0.4 is 0 Å². The second-order valence-corrected chi connectivity index (χ2v) is 19.2. The predicted octanol–water partition coefficient (Wildman–Crippen LogP) is 5.96. The Hall–Kier alpha value is -0.251. The summed E-state index contributed by atoms with van der Waals surface area (Å²) in [6.45, 7) is 10.7. The van der Waals surface area contributed by atoms with Crippen molar-refractivity contribution in [2.45, 2.75) is 79.0 Å². The third-order valence-electron chi connectivity index (χ3n) is 4.14. The molecule has 0 aliphatic heterocycles. The molecule has 0 bridgehead atoms. The molecule has 0 unspecified atom stereocenters. The molecule has 0 atom stereocenters. The number of allylic oxidation sites excluding steroid dienone is 1. The minimum absolute atomic E-state index is 0.0772. The molecule has 0 saturated heterocycles. The van der Waals surface area contributed by atoms with E-state index in [4.69, 9.17) is 5.11 Å². The van der Waals surface area contributed by atoms with Crippen LogP contribution in [-0.4, -0.2) is 29.5 Å². The van der Waals surface area contributed by atoms with Gasteiger partial charge in [-0.2, -0.15) is 0 Å². The number of rotatable bonds is 13. The zero-order valence-electron chi connectivity index (χ0n) is 14.3. The summed E-state index contributed by atoms with van der Waals surface area (Å²) in [4.78, 5) is 10.8. The van der Waals surface area contributed by atoms with Crippen molar-refractivity contribution in [1.29, 1.82) is 0 Å². The first-order valence-electron chi connectivity index (χ1n) is 8.58. The van der Waals surface area contributed by atoms with Gasteiger partial charge in [0.05, 0.1) is 0 Å². The Morgan fingerprint density at radius 2 is 1.43 bits per heavy atom. The van der Waals surface area contributed by atoms with Gasteiger partial charge in [-0.1, -0.05) is 0 Å². The van der Waals surface area contributed by atoms with Crippen LogP contribution in [0.4, 0.5) is 0 Å². The zero-order chi connectivity index (χ0) is 16.1. The van der Waals surface area contributed by atoms with Crippen molar-refractivity contribution >= 4 is 24.3 Å². The quantitative estimate of drug-likeness (QED) is 0.305. The molecule has 2 nitrogen and oxygen atoms in total. The van der Waals surface area contributed by atoms with E-state index in [0.717, 1.165) is 5.57 Å². The van der Waals surface area contributed by atoms with Crippen LogP contribution in [0.3, 0.4) is 0 Å². The summed E-state index contributed by atoms with van der Waals surface area (Å²) in [5.41, 5.74) is 0.757. The van der Waals surface area contributed by atoms with E-state index < -0.39 is 24.3 Å². The molecule has 3 heteroatoms. The molecule has 0 rings (SSSR count). The van der Waals surface area contributed by atoms with E-state index in [2.05, 4.69) is 37.5 Å². The maximum absolute atomic E-state index is 10.8. The van der Waals surface area contributed by atoms with Gasteiger partial charge in [-0.15, -0.1) is 0 Å². The monoisotopic (exact) mass is 402 g/mol. The van der Waals surface area contributed by atoms with Crippen molar-refractivity contribution in [1.82, 2.24) is 0 Å². The van der Waals surface area contributed by atoms with Crippen molar-refractivity contribution in [3.63, 3.8) is 0 Å². The number of hydrogen-bond donors (Lipinski definition) is 1. The van der Waals surface area contributed by atoms with Crippen LogP contribution in [0.2, 0.25) is 13.3 Å². The van der Waals surface area contributed by atoms with Gasteiger partial charge in [0.15, 0.2) is 0 Å². The van der Waals surface area contributed by atoms with Gasteiger partial charge in [0.2, 0.25) is 0 Å². The standard InChI is InChI=1S/C6H7O2.3C4H9.Sn/c1-3-5(2)4-6(7)8;3*1-3-4-2;/h1,3H,2,4H2,(H,7,8);3*1,3-4H2,2H3;. The average Bonchev–Trinajstić information content (AvgIpc) is 2.45. The van der Waals surface area contributed by atoms with E-state index in [1.165, 1.54) is 51.8 Å². The van der Waals surface area contributed by atoms with Gasteiger partial charge in [0, 0.05) is 0 Å². The van der Waals surface area contributed by atoms with Crippen molar-refractivity contribution in [2.24, 2.45) is 0 Å². The molecule has 0 aliphatic rings. The van der Waals surface area contributed by atoms with Crippen LogP contribution >= 0.6 is 0 Å². The molecule has 0 fully saturated rings. The van der Waals surface area contributed by atoms with E-state index in [1.54, 1.807) is 0 Å². The van der Waals surface area contributed by atoms with Crippen LogP contribution in [0.25, 0.3) is 0 Å². The van der Waals surface area contributed by atoms with Crippen LogP contribution in [0, 0.1) is 0 Å². The van der Waals surface area contributed by atoms with Crippen LogP contribution in [0.15, 0.2) is 22.3 Å². The molecule has 0 amide bonds. The number of carboxylic acids is 1. The van der Waals surface area contributed by atoms with Crippen molar-refractivity contribution in [3.8, 4) is 0 Å². The van der Waals surface area contributed by atoms with Crippen LogP contribution in [0.5, 0.6) is 0 Å². The van der Waals surface area contributed by atoms with Crippen LogP contribution in [0.1, 0.15) is 65.7 Å². The molecule has 0 aromatic heterocycles. The number of carboxylic acid groups (broad SMARTS) is 1. The van der Waals surface area contributed by atoms with Gasteiger partial charge in [-0.3, -0.25) is 0 Å². The van der Waals surface area contributed by atoms with E-state index in [1.807, 2.05) is 0 Å². The molecule has 122 valence electrons. The Balaban J connectivity index is 4.96. The molecule has 1 N–H and O–H groups in total. The average molecular weight is 401 g/mol. The summed E-state index contributed by atoms with van der Waals surface area (Å²) in [5, 5.41) is 8.86. The van der Waals surface area contributed by atoms with Crippen molar-refractivity contribution in [2.75, 3.05) is 0 Å². The Morgan fingerprint density at radius 3 is 1.76 bits per heavy atom. The fourth-order valence-electron chi connectivity index (χ4n) is 2.76. The first kappa shape index (κ1) is 20.7. The molecule has 0 aliphatic carbocycles. The van der Waals surface area contributed by atoms with Gasteiger partial charge in [0.25, 0.3) is 0 Å². The maximum atomic E-state index is 10.8. The number of unbranched alkanes of at least 4 members (excludes halogenated alkanes) is 3. The minimum atomic E-state index is -2.25. The molecule has 0 aromatic carbocycles. The van der Waals surface area contributed by atoms with E-state index in [9.17, 15) is 4.79 Å². The molecular weight excluding hydrogens is 367 g/mol. The molecule has 0 saturated carbocycles. The Kier molecular flexibility index (Phi) is 12.2. The SMILES string of the molecule is C=C(/C=[CH]/[Sn]([CH2]CCC)([CH2]CCC)[CH2]CCC)CC(=O)O. The van der Waals surface area contributed by atoms with Crippen molar-refractivity contribution in [3.05, 3.63) is 22.3 Å². The molecule has 21 heavy (non-hydrogen) atoms. The van der Waals surface area contributed by atoms with Crippen LogP contribution in [-0.2, 0) is 4.79 Å². The Bertz CT molecular complexity index is 312. The van der Waals surface area contributed by atoms with Gasteiger partial charge in [-0.25, -0.2) is 0 Å². The Morgan fingerprint density at radius 1 is 1.00 bits per heavy atom. The van der Waals surface area contributed by atoms with Gasteiger partial charge >= 0.3 is 136 Å². The summed E-state index contributed by atoms with van der Waals surface area (Å²) < 4.78 is 6.74. The fourth-order valence-corrected chi connectivity index (χ4v) is 17.1. The molecule has 0 spiro atoms. The number of carbonyl (C=O) groups is 1. The zero-order valence-corrected chi connectivity index (χ0v) is 17.1. The fraction of sp³-hybridized carbons (Fsp3) is 0.722.